The van der Waals surface area contributed by atoms with Crippen LogP contribution in [0.4, 0.5) is 5.69 Å². The lowest BCUT2D eigenvalue weighted by atomic mass is 10.1. The number of benzene rings is 1. The second kappa shape index (κ2) is 6.12. The first-order valence-electron chi connectivity index (χ1n) is 6.14. The molecule has 0 aliphatic rings. The molecule has 1 heterocycles. The Morgan fingerprint density at radius 2 is 1.95 bits per heavy atom. The van der Waals surface area contributed by atoms with Crippen LogP contribution >= 0.6 is 23.6 Å². The normalized spacial score (nSPS) is 10.5. The molecule has 1 aromatic heterocycles. The number of aryl methyl sites for hydroxylation is 1. The number of rotatable bonds is 3. The molecule has 0 radical (unpaired) electrons. The van der Waals surface area contributed by atoms with Gasteiger partial charge in [0, 0.05) is 22.7 Å². The van der Waals surface area contributed by atoms with Gasteiger partial charge in [-0.15, -0.1) is 11.3 Å². The van der Waals surface area contributed by atoms with E-state index in [0.717, 1.165) is 22.0 Å². The van der Waals surface area contributed by atoms with Gasteiger partial charge in [-0.1, -0.05) is 12.1 Å². The fourth-order valence-corrected chi connectivity index (χ4v) is 2.63. The van der Waals surface area contributed by atoms with Crippen molar-refractivity contribution in [2.24, 2.45) is 0 Å². The van der Waals surface area contributed by atoms with Crippen LogP contribution in [0.15, 0.2) is 29.6 Å². The minimum absolute atomic E-state index is 0.331. The summed E-state index contributed by atoms with van der Waals surface area (Å²) < 4.78 is 0. The highest BCUT2D eigenvalue weighted by atomic mass is 32.1. The largest absolute Gasteiger partial charge is 0.360 e. The number of nitrogens with one attached hydrogen (secondary N) is 2. The molecule has 5 heteroatoms. The van der Waals surface area contributed by atoms with Gasteiger partial charge in [-0.2, -0.15) is 0 Å². The first-order chi connectivity index (χ1) is 9.04. The van der Waals surface area contributed by atoms with Crippen molar-refractivity contribution in [3.8, 4) is 11.3 Å². The molecule has 0 aliphatic heterocycles. The van der Waals surface area contributed by atoms with Crippen molar-refractivity contribution in [3.05, 3.63) is 34.7 Å². The van der Waals surface area contributed by atoms with E-state index >= 15 is 0 Å². The summed E-state index contributed by atoms with van der Waals surface area (Å²) in [4.78, 5) is 4.47. The minimum atomic E-state index is 0.331. The Morgan fingerprint density at radius 1 is 1.26 bits per heavy atom. The van der Waals surface area contributed by atoms with Crippen molar-refractivity contribution in [1.29, 1.82) is 0 Å². The SMILES string of the molecule is Cc1nc(-c2ccc(NC(=S)NC(C)C)cc2)cs1. The Labute approximate surface area is 123 Å². The second-order valence-electron chi connectivity index (χ2n) is 4.58. The van der Waals surface area contributed by atoms with Crippen LogP contribution < -0.4 is 10.6 Å². The third kappa shape index (κ3) is 4.01. The van der Waals surface area contributed by atoms with Crippen LogP contribution in [0, 0.1) is 6.92 Å². The summed E-state index contributed by atoms with van der Waals surface area (Å²) in [5.74, 6) is 0. The Hall–Kier alpha value is -1.46. The Bertz CT molecular complexity index is 558. The Balaban J connectivity index is 2.04. The van der Waals surface area contributed by atoms with Crippen molar-refractivity contribution in [3.63, 3.8) is 0 Å². The summed E-state index contributed by atoms with van der Waals surface area (Å²) in [5.41, 5.74) is 3.13. The third-order valence-electron chi connectivity index (χ3n) is 2.48. The van der Waals surface area contributed by atoms with Crippen molar-refractivity contribution in [2.45, 2.75) is 26.8 Å². The monoisotopic (exact) mass is 291 g/mol. The summed E-state index contributed by atoms with van der Waals surface area (Å²) in [6.07, 6.45) is 0. The molecule has 0 saturated heterocycles. The molecule has 19 heavy (non-hydrogen) atoms. The number of thiocarbonyl (C=S) groups is 1. The fraction of sp³-hybridized carbons (Fsp3) is 0.286. The van der Waals surface area contributed by atoms with Crippen LogP contribution in [-0.2, 0) is 0 Å². The predicted octanol–water partition coefficient (Wildman–Crippen LogP) is 3.81. The van der Waals surface area contributed by atoms with Crippen LogP contribution in [0.2, 0.25) is 0 Å². The van der Waals surface area contributed by atoms with Crippen LogP contribution in [0.5, 0.6) is 0 Å². The molecule has 2 rings (SSSR count). The van der Waals surface area contributed by atoms with Gasteiger partial charge in [0.2, 0.25) is 0 Å². The van der Waals surface area contributed by atoms with Gasteiger partial charge in [0.25, 0.3) is 0 Å². The van der Waals surface area contributed by atoms with Gasteiger partial charge in [0.1, 0.15) is 0 Å². The van der Waals surface area contributed by atoms with Crippen LogP contribution in [-0.4, -0.2) is 16.1 Å². The number of aromatic nitrogens is 1. The summed E-state index contributed by atoms with van der Waals surface area (Å²) in [7, 11) is 0. The Kier molecular flexibility index (Phi) is 4.50. The van der Waals surface area contributed by atoms with E-state index in [1.165, 1.54) is 0 Å². The molecule has 0 fully saturated rings. The molecular weight excluding hydrogens is 274 g/mol. The fourth-order valence-electron chi connectivity index (χ4n) is 1.65. The topological polar surface area (TPSA) is 37.0 Å². The van der Waals surface area contributed by atoms with E-state index in [9.17, 15) is 0 Å². The van der Waals surface area contributed by atoms with E-state index in [-0.39, 0.29) is 0 Å². The second-order valence-corrected chi connectivity index (χ2v) is 6.05. The third-order valence-corrected chi connectivity index (χ3v) is 3.47. The number of nitrogens with zero attached hydrogens (tertiary/aromatic N) is 1. The van der Waals surface area contributed by atoms with Gasteiger partial charge in [-0.05, 0) is 45.1 Å². The van der Waals surface area contributed by atoms with Gasteiger partial charge >= 0.3 is 0 Å². The van der Waals surface area contributed by atoms with E-state index in [2.05, 4.69) is 47.0 Å². The van der Waals surface area contributed by atoms with Crippen molar-refractivity contribution < 1.29 is 0 Å². The minimum Gasteiger partial charge on any atom is -0.360 e. The molecule has 100 valence electrons. The van der Waals surface area contributed by atoms with Gasteiger partial charge in [-0.3, -0.25) is 0 Å². The number of anilines is 1. The molecule has 0 atom stereocenters. The number of hydrogen-bond acceptors (Lipinski definition) is 3. The molecule has 1 aromatic carbocycles. The quantitative estimate of drug-likeness (QED) is 0.843. The average molecular weight is 291 g/mol. The molecule has 2 N–H and O–H groups in total. The van der Waals surface area contributed by atoms with Gasteiger partial charge in [-0.25, -0.2) is 4.98 Å². The molecule has 0 saturated carbocycles. The van der Waals surface area contributed by atoms with Crippen LogP contribution in [0.25, 0.3) is 11.3 Å². The van der Waals surface area contributed by atoms with Crippen molar-refractivity contribution >= 4 is 34.4 Å². The van der Waals surface area contributed by atoms with Gasteiger partial charge < -0.3 is 10.6 Å². The van der Waals surface area contributed by atoms with Crippen molar-refractivity contribution in [1.82, 2.24) is 10.3 Å². The van der Waals surface area contributed by atoms with E-state index < -0.39 is 0 Å². The molecule has 2 aromatic rings. The summed E-state index contributed by atoms with van der Waals surface area (Å²) >= 11 is 6.87. The number of hydrogen-bond donors (Lipinski definition) is 2. The highest BCUT2D eigenvalue weighted by molar-refractivity contribution is 7.80. The van der Waals surface area contributed by atoms with Gasteiger partial charge in [0.05, 0.1) is 10.7 Å². The van der Waals surface area contributed by atoms with Crippen LogP contribution in [0.1, 0.15) is 18.9 Å². The zero-order valence-corrected chi connectivity index (χ0v) is 12.9. The first kappa shape index (κ1) is 14.0. The van der Waals surface area contributed by atoms with Gasteiger partial charge in [0.15, 0.2) is 5.11 Å². The highest BCUT2D eigenvalue weighted by Gasteiger charge is 2.03. The molecule has 0 aliphatic carbocycles. The number of thiazole rings is 1. The van der Waals surface area contributed by atoms with E-state index in [1.807, 2.05) is 19.1 Å². The lowest BCUT2D eigenvalue weighted by molar-refractivity contribution is 0.739. The molecular formula is C14H17N3S2. The standard InChI is InChI=1S/C14H17N3S2/c1-9(2)15-14(18)17-12-6-4-11(5-7-12)13-8-19-10(3)16-13/h4-9H,1-3H3,(H2,15,17,18). The molecule has 3 nitrogen and oxygen atoms in total. The van der Waals surface area contributed by atoms with E-state index in [0.29, 0.717) is 11.2 Å². The molecule has 0 unspecified atom stereocenters. The molecule has 0 bridgehead atoms. The maximum Gasteiger partial charge on any atom is 0.170 e. The van der Waals surface area contributed by atoms with Crippen LogP contribution in [0.3, 0.4) is 0 Å². The molecule has 0 spiro atoms. The first-order valence-corrected chi connectivity index (χ1v) is 7.43. The maximum absolute atomic E-state index is 5.21. The van der Waals surface area contributed by atoms with E-state index in [1.54, 1.807) is 11.3 Å². The van der Waals surface area contributed by atoms with E-state index in [4.69, 9.17) is 12.2 Å². The summed E-state index contributed by atoms with van der Waals surface area (Å²) in [5, 5.41) is 10.1. The predicted molar refractivity (Wildman–Crippen MR) is 86.8 cm³/mol. The maximum atomic E-state index is 5.21. The lowest BCUT2D eigenvalue weighted by Crippen LogP contribution is -2.33. The average Bonchev–Trinajstić information content (AvgIpc) is 2.75. The van der Waals surface area contributed by atoms with Crippen molar-refractivity contribution in [2.75, 3.05) is 5.32 Å². The highest BCUT2D eigenvalue weighted by Crippen LogP contribution is 2.22. The summed E-state index contributed by atoms with van der Waals surface area (Å²) in [6, 6.07) is 8.46. The lowest BCUT2D eigenvalue weighted by Gasteiger charge is -2.13. The smallest absolute Gasteiger partial charge is 0.170 e. The Morgan fingerprint density at radius 3 is 2.47 bits per heavy atom. The summed E-state index contributed by atoms with van der Waals surface area (Å²) in [6.45, 7) is 6.13. The zero-order chi connectivity index (χ0) is 13.8. The zero-order valence-electron chi connectivity index (χ0n) is 11.2. The molecule has 0 amide bonds.